The van der Waals surface area contributed by atoms with E-state index in [0.29, 0.717) is 5.02 Å². The second-order valence-electron chi connectivity index (χ2n) is 5.29. The smallest absolute Gasteiger partial charge is 0.0845 e. The van der Waals surface area contributed by atoms with Crippen molar-refractivity contribution in [3.63, 3.8) is 0 Å². The molecule has 2 aromatic carbocycles. The number of benzene rings is 2. The van der Waals surface area contributed by atoms with Crippen LogP contribution >= 0.6 is 27.5 Å². The lowest BCUT2D eigenvalue weighted by molar-refractivity contribution is 0.0320. The number of rotatable bonds is 3. The molecule has 0 fully saturated rings. The average molecular weight is 367 g/mol. The quantitative estimate of drug-likeness (QED) is 0.846. The van der Waals surface area contributed by atoms with E-state index in [2.05, 4.69) is 40.2 Å². The zero-order valence-corrected chi connectivity index (χ0v) is 13.9. The molecule has 0 aromatic heterocycles. The van der Waals surface area contributed by atoms with Crippen molar-refractivity contribution in [2.45, 2.75) is 25.0 Å². The monoisotopic (exact) mass is 365 g/mol. The van der Waals surface area contributed by atoms with Crippen molar-refractivity contribution < 1.29 is 4.74 Å². The van der Waals surface area contributed by atoms with Crippen LogP contribution in [0.5, 0.6) is 0 Å². The predicted molar refractivity (Wildman–Crippen MR) is 89.5 cm³/mol. The summed E-state index contributed by atoms with van der Waals surface area (Å²) in [6, 6.07) is 14.1. The minimum atomic E-state index is -0.147. The van der Waals surface area contributed by atoms with Gasteiger partial charge in [-0.15, -0.1) is 0 Å². The summed E-state index contributed by atoms with van der Waals surface area (Å²) in [7, 11) is 0. The second kappa shape index (κ2) is 6.49. The van der Waals surface area contributed by atoms with E-state index in [9.17, 15) is 0 Å². The Morgan fingerprint density at radius 2 is 2.05 bits per heavy atom. The van der Waals surface area contributed by atoms with Crippen molar-refractivity contribution >= 4 is 27.5 Å². The predicted octanol–water partition coefficient (Wildman–Crippen LogP) is 4.81. The van der Waals surface area contributed by atoms with Gasteiger partial charge in [-0.2, -0.15) is 0 Å². The summed E-state index contributed by atoms with van der Waals surface area (Å²) in [6.07, 6.45) is 1.74. The molecular weight excluding hydrogens is 350 g/mol. The third-order valence-electron chi connectivity index (χ3n) is 3.94. The van der Waals surface area contributed by atoms with Crippen LogP contribution in [-0.4, -0.2) is 6.61 Å². The first-order valence-electron chi connectivity index (χ1n) is 7.05. The van der Waals surface area contributed by atoms with Gasteiger partial charge in [0.25, 0.3) is 0 Å². The summed E-state index contributed by atoms with van der Waals surface area (Å²) in [5, 5.41) is 0.689. The topological polar surface area (TPSA) is 35.2 Å². The minimum absolute atomic E-state index is 0.0417. The molecule has 110 valence electrons. The van der Waals surface area contributed by atoms with Crippen LogP contribution in [0.2, 0.25) is 5.02 Å². The highest BCUT2D eigenvalue weighted by molar-refractivity contribution is 9.10. The van der Waals surface area contributed by atoms with Crippen molar-refractivity contribution in [2.24, 2.45) is 5.73 Å². The molecule has 2 aromatic rings. The summed E-state index contributed by atoms with van der Waals surface area (Å²) in [4.78, 5) is 0. The Kier molecular flexibility index (Phi) is 4.65. The SMILES string of the molecule is NC(CC1OCCc2ccccc21)c1cccc(Br)c1Cl. The highest BCUT2D eigenvalue weighted by Gasteiger charge is 2.24. The van der Waals surface area contributed by atoms with Crippen LogP contribution < -0.4 is 5.73 Å². The number of fused-ring (bicyclic) bond motifs is 1. The number of hydrogen-bond donors (Lipinski definition) is 1. The molecule has 2 unspecified atom stereocenters. The maximum absolute atomic E-state index is 6.37. The first kappa shape index (κ1) is 15.0. The van der Waals surface area contributed by atoms with Gasteiger partial charge in [0, 0.05) is 10.5 Å². The van der Waals surface area contributed by atoms with E-state index in [4.69, 9.17) is 22.1 Å². The summed E-state index contributed by atoms with van der Waals surface area (Å²) in [5.74, 6) is 0. The number of ether oxygens (including phenoxy) is 1. The zero-order valence-electron chi connectivity index (χ0n) is 11.6. The fraction of sp³-hybridized carbons (Fsp3) is 0.294. The van der Waals surface area contributed by atoms with Gasteiger partial charge in [0.15, 0.2) is 0 Å². The van der Waals surface area contributed by atoms with Crippen molar-refractivity contribution in [1.29, 1.82) is 0 Å². The maximum Gasteiger partial charge on any atom is 0.0845 e. The first-order valence-corrected chi connectivity index (χ1v) is 8.23. The molecule has 1 heterocycles. The lowest BCUT2D eigenvalue weighted by atomic mass is 9.92. The molecule has 0 amide bonds. The molecule has 0 saturated heterocycles. The van der Waals surface area contributed by atoms with Gasteiger partial charge in [0.05, 0.1) is 17.7 Å². The van der Waals surface area contributed by atoms with E-state index in [1.165, 1.54) is 11.1 Å². The molecular formula is C17H17BrClNO. The van der Waals surface area contributed by atoms with Crippen LogP contribution in [0.1, 0.15) is 35.3 Å². The maximum atomic E-state index is 6.37. The van der Waals surface area contributed by atoms with E-state index in [1.807, 2.05) is 18.2 Å². The van der Waals surface area contributed by atoms with E-state index in [0.717, 1.165) is 29.5 Å². The van der Waals surface area contributed by atoms with Gasteiger partial charge >= 0.3 is 0 Å². The highest BCUT2D eigenvalue weighted by atomic mass is 79.9. The Balaban J connectivity index is 1.83. The fourth-order valence-corrected chi connectivity index (χ4v) is 3.48. The molecule has 0 aliphatic carbocycles. The Morgan fingerprint density at radius 3 is 2.90 bits per heavy atom. The summed E-state index contributed by atoms with van der Waals surface area (Å²) in [6.45, 7) is 0.751. The molecule has 0 saturated carbocycles. The van der Waals surface area contributed by atoms with Crippen molar-refractivity contribution in [3.8, 4) is 0 Å². The van der Waals surface area contributed by atoms with E-state index >= 15 is 0 Å². The summed E-state index contributed by atoms with van der Waals surface area (Å²) < 4.78 is 6.81. The average Bonchev–Trinajstić information content (AvgIpc) is 2.50. The van der Waals surface area contributed by atoms with Crippen LogP contribution in [0.4, 0.5) is 0 Å². The molecule has 1 aliphatic rings. The third-order valence-corrected chi connectivity index (χ3v) is 5.25. The Labute approximate surface area is 138 Å². The first-order chi connectivity index (χ1) is 10.2. The summed E-state index contributed by atoms with van der Waals surface area (Å²) >= 11 is 9.78. The standard InChI is InChI=1S/C17H17BrClNO/c18-14-7-3-6-13(17(14)19)15(20)10-16-12-5-2-1-4-11(12)8-9-21-16/h1-7,15-16H,8-10,20H2. The largest absolute Gasteiger partial charge is 0.373 e. The Bertz CT molecular complexity index is 646. The van der Waals surface area contributed by atoms with E-state index < -0.39 is 0 Å². The van der Waals surface area contributed by atoms with Gasteiger partial charge in [-0.25, -0.2) is 0 Å². The molecule has 0 radical (unpaired) electrons. The van der Waals surface area contributed by atoms with Gasteiger partial charge < -0.3 is 10.5 Å². The van der Waals surface area contributed by atoms with Crippen LogP contribution in [0, 0.1) is 0 Å². The molecule has 3 rings (SSSR count). The third kappa shape index (κ3) is 3.16. The number of halogens is 2. The summed E-state index contributed by atoms with van der Waals surface area (Å²) in [5.41, 5.74) is 9.94. The van der Waals surface area contributed by atoms with Crippen molar-refractivity contribution in [2.75, 3.05) is 6.61 Å². The van der Waals surface area contributed by atoms with Gasteiger partial charge in [0.1, 0.15) is 0 Å². The molecule has 2 nitrogen and oxygen atoms in total. The normalized spacial score (nSPS) is 19.1. The van der Waals surface area contributed by atoms with Crippen LogP contribution in [0.3, 0.4) is 0 Å². The zero-order chi connectivity index (χ0) is 14.8. The molecule has 2 atom stereocenters. The molecule has 2 N–H and O–H groups in total. The molecule has 0 bridgehead atoms. The molecule has 4 heteroatoms. The number of hydrogen-bond acceptors (Lipinski definition) is 2. The van der Waals surface area contributed by atoms with Gasteiger partial charge in [-0.3, -0.25) is 0 Å². The van der Waals surface area contributed by atoms with Crippen LogP contribution in [-0.2, 0) is 11.2 Å². The minimum Gasteiger partial charge on any atom is -0.373 e. The van der Waals surface area contributed by atoms with E-state index in [1.54, 1.807) is 0 Å². The lowest BCUT2D eigenvalue weighted by Crippen LogP contribution is -2.21. The van der Waals surface area contributed by atoms with Gasteiger partial charge in [-0.05, 0) is 51.5 Å². The van der Waals surface area contributed by atoms with Gasteiger partial charge in [0.2, 0.25) is 0 Å². The molecule has 1 aliphatic heterocycles. The Hall–Kier alpha value is -0.870. The van der Waals surface area contributed by atoms with Crippen LogP contribution in [0.15, 0.2) is 46.9 Å². The number of nitrogens with two attached hydrogens (primary N) is 1. The lowest BCUT2D eigenvalue weighted by Gasteiger charge is -2.28. The second-order valence-corrected chi connectivity index (χ2v) is 6.53. The molecule has 21 heavy (non-hydrogen) atoms. The van der Waals surface area contributed by atoms with Crippen molar-refractivity contribution in [1.82, 2.24) is 0 Å². The van der Waals surface area contributed by atoms with Crippen LogP contribution in [0.25, 0.3) is 0 Å². The van der Waals surface area contributed by atoms with E-state index in [-0.39, 0.29) is 12.1 Å². The van der Waals surface area contributed by atoms with Crippen molar-refractivity contribution in [3.05, 3.63) is 68.7 Å². The highest BCUT2D eigenvalue weighted by Crippen LogP contribution is 2.36. The Morgan fingerprint density at radius 1 is 1.24 bits per heavy atom. The van der Waals surface area contributed by atoms with Gasteiger partial charge in [-0.1, -0.05) is 48.0 Å². The molecule has 0 spiro atoms. The fourth-order valence-electron chi connectivity index (χ4n) is 2.84.